The topological polar surface area (TPSA) is 129 Å². The quantitative estimate of drug-likeness (QED) is 0.322. The number of aliphatic hydroxyl groups is 1. The molecule has 8 nitrogen and oxygen atoms in total. The molecule has 34 heavy (non-hydrogen) atoms. The number of hydroxylamine groups is 1. The lowest BCUT2D eigenvalue weighted by Crippen LogP contribution is -2.32. The maximum atomic E-state index is 13.4. The number of nitrogens with one attached hydrogen (secondary N) is 1. The number of nitrogen functional groups attached to an aromatic ring is 1. The zero-order valence-electron chi connectivity index (χ0n) is 18.7. The average Bonchev–Trinajstić information content (AvgIpc) is 2.76. The molecule has 1 aromatic heterocycles. The van der Waals surface area contributed by atoms with Gasteiger partial charge in [-0.1, -0.05) is 6.07 Å². The Bertz CT molecular complexity index is 1230. The average molecular weight is 470 g/mol. The van der Waals surface area contributed by atoms with E-state index in [2.05, 4.69) is 10.3 Å². The summed E-state index contributed by atoms with van der Waals surface area (Å²) in [6, 6.07) is 8.16. The summed E-state index contributed by atoms with van der Waals surface area (Å²) in [4.78, 5) is 29.0. The number of nitrogens with zero attached hydrogens (tertiary/aromatic N) is 2. The molecule has 2 aromatic carbocycles. The van der Waals surface area contributed by atoms with Crippen LogP contribution in [0.1, 0.15) is 41.4 Å². The number of aromatic nitrogens is 1. The SMILES string of the molecule is Cc1cc(N(O)C(=O)C(O)c2cc(F)cc(F)c2)ccc1-c1cnc(N)c(C(=O)NC(C)C)c1. The van der Waals surface area contributed by atoms with Crippen LogP contribution in [0.3, 0.4) is 0 Å². The number of hydrogen-bond acceptors (Lipinski definition) is 6. The predicted molar refractivity (Wildman–Crippen MR) is 122 cm³/mol. The Kier molecular flexibility index (Phi) is 7.23. The van der Waals surface area contributed by atoms with Gasteiger partial charge in [0.1, 0.15) is 17.5 Å². The van der Waals surface area contributed by atoms with E-state index < -0.39 is 23.6 Å². The molecule has 1 unspecified atom stereocenters. The van der Waals surface area contributed by atoms with Crippen LogP contribution < -0.4 is 16.1 Å². The van der Waals surface area contributed by atoms with Crippen molar-refractivity contribution >= 4 is 23.3 Å². The Labute approximate surface area is 194 Å². The molecular weight excluding hydrogens is 446 g/mol. The van der Waals surface area contributed by atoms with Crippen molar-refractivity contribution in [1.82, 2.24) is 10.3 Å². The Hall–Kier alpha value is -3.89. The van der Waals surface area contributed by atoms with Gasteiger partial charge in [-0.2, -0.15) is 5.06 Å². The largest absolute Gasteiger partial charge is 0.383 e. The number of amides is 2. The molecule has 2 amide bonds. The molecule has 0 aliphatic rings. The van der Waals surface area contributed by atoms with Crippen LogP contribution in [-0.4, -0.2) is 33.2 Å². The Morgan fingerprint density at radius 2 is 1.74 bits per heavy atom. The third-order valence-corrected chi connectivity index (χ3v) is 4.99. The van der Waals surface area contributed by atoms with E-state index >= 15 is 0 Å². The van der Waals surface area contributed by atoms with E-state index in [-0.39, 0.29) is 39.6 Å². The molecule has 1 atom stereocenters. The summed E-state index contributed by atoms with van der Waals surface area (Å²) in [5.74, 6) is -3.42. The Morgan fingerprint density at radius 3 is 2.32 bits per heavy atom. The fourth-order valence-corrected chi connectivity index (χ4v) is 3.37. The smallest absolute Gasteiger partial charge is 0.284 e. The number of aryl methyl sites for hydroxylation is 1. The van der Waals surface area contributed by atoms with Crippen molar-refractivity contribution < 1.29 is 28.7 Å². The monoisotopic (exact) mass is 470 g/mol. The first kappa shape index (κ1) is 24.7. The summed E-state index contributed by atoms with van der Waals surface area (Å²) in [7, 11) is 0. The van der Waals surface area contributed by atoms with E-state index in [1.54, 1.807) is 19.1 Å². The van der Waals surface area contributed by atoms with Gasteiger partial charge in [0.05, 0.1) is 11.3 Å². The standard InChI is InChI=1S/C24H24F2N4O4/c1-12(2)29-23(32)20-9-15(11-28-22(20)27)19-5-4-18(6-13(19)3)30(34)24(33)21(31)14-7-16(25)10-17(26)8-14/h4-12,21,31,34H,1-3H3,(H2,27,28)(H,29,32). The van der Waals surface area contributed by atoms with E-state index in [9.17, 15) is 28.7 Å². The highest BCUT2D eigenvalue weighted by Gasteiger charge is 2.25. The van der Waals surface area contributed by atoms with Crippen LogP contribution in [0, 0.1) is 18.6 Å². The van der Waals surface area contributed by atoms with Crippen LogP contribution in [0.25, 0.3) is 11.1 Å². The maximum Gasteiger partial charge on any atom is 0.284 e. The fraction of sp³-hybridized carbons (Fsp3) is 0.208. The van der Waals surface area contributed by atoms with Gasteiger partial charge in [-0.05, 0) is 67.8 Å². The van der Waals surface area contributed by atoms with Crippen molar-refractivity contribution in [1.29, 1.82) is 0 Å². The van der Waals surface area contributed by atoms with Gasteiger partial charge in [0.2, 0.25) is 0 Å². The third-order valence-electron chi connectivity index (χ3n) is 4.99. The molecule has 0 spiro atoms. The van der Waals surface area contributed by atoms with Gasteiger partial charge >= 0.3 is 0 Å². The molecule has 0 saturated heterocycles. The lowest BCUT2D eigenvalue weighted by molar-refractivity contribution is -0.132. The first-order valence-electron chi connectivity index (χ1n) is 10.3. The number of carbonyl (C=O) groups excluding carboxylic acids is 2. The summed E-state index contributed by atoms with van der Waals surface area (Å²) >= 11 is 0. The summed E-state index contributed by atoms with van der Waals surface area (Å²) in [6.07, 6.45) is -0.494. The van der Waals surface area contributed by atoms with Gasteiger partial charge in [-0.3, -0.25) is 14.8 Å². The van der Waals surface area contributed by atoms with Crippen molar-refractivity contribution in [3.05, 3.63) is 77.0 Å². The number of aliphatic hydroxyl groups excluding tert-OH is 1. The van der Waals surface area contributed by atoms with Crippen molar-refractivity contribution in [3.63, 3.8) is 0 Å². The molecule has 0 bridgehead atoms. The highest BCUT2D eigenvalue weighted by molar-refractivity contribution is 6.00. The number of halogens is 2. The van der Waals surface area contributed by atoms with E-state index in [1.807, 2.05) is 13.8 Å². The molecule has 10 heteroatoms. The number of benzene rings is 2. The summed E-state index contributed by atoms with van der Waals surface area (Å²) in [6.45, 7) is 5.34. The second-order valence-electron chi connectivity index (χ2n) is 8.04. The molecule has 0 saturated carbocycles. The van der Waals surface area contributed by atoms with Crippen molar-refractivity contribution in [2.24, 2.45) is 0 Å². The van der Waals surface area contributed by atoms with Crippen LogP contribution in [0.15, 0.2) is 48.7 Å². The van der Waals surface area contributed by atoms with Crippen molar-refractivity contribution in [2.45, 2.75) is 32.9 Å². The number of hydrogen-bond donors (Lipinski definition) is 4. The first-order valence-corrected chi connectivity index (χ1v) is 10.3. The molecule has 3 rings (SSSR count). The van der Waals surface area contributed by atoms with Crippen LogP contribution >= 0.6 is 0 Å². The van der Waals surface area contributed by atoms with Crippen LogP contribution in [0.2, 0.25) is 0 Å². The lowest BCUT2D eigenvalue weighted by atomic mass is 9.99. The predicted octanol–water partition coefficient (Wildman–Crippen LogP) is 3.51. The zero-order chi connectivity index (χ0) is 25.2. The number of nitrogens with two attached hydrogens (primary N) is 1. The van der Waals surface area contributed by atoms with E-state index in [0.717, 1.165) is 12.1 Å². The molecule has 1 heterocycles. The van der Waals surface area contributed by atoms with Gasteiger partial charge < -0.3 is 16.2 Å². The molecule has 3 aromatic rings. The second-order valence-corrected chi connectivity index (χ2v) is 8.04. The van der Waals surface area contributed by atoms with Crippen molar-refractivity contribution in [3.8, 4) is 11.1 Å². The van der Waals surface area contributed by atoms with E-state index in [0.29, 0.717) is 22.8 Å². The molecule has 0 fully saturated rings. The normalized spacial score (nSPS) is 11.9. The van der Waals surface area contributed by atoms with E-state index in [1.165, 1.54) is 18.3 Å². The minimum absolute atomic E-state index is 0.0170. The van der Waals surface area contributed by atoms with E-state index in [4.69, 9.17) is 5.73 Å². The lowest BCUT2D eigenvalue weighted by Gasteiger charge is -2.20. The van der Waals surface area contributed by atoms with Gasteiger partial charge in [0.15, 0.2) is 6.10 Å². The fourth-order valence-electron chi connectivity index (χ4n) is 3.37. The first-order chi connectivity index (χ1) is 16.0. The molecular formula is C24H24F2N4O4. The van der Waals surface area contributed by atoms with Gasteiger partial charge in [0.25, 0.3) is 11.8 Å². The molecule has 5 N–H and O–H groups in total. The van der Waals surface area contributed by atoms with Crippen molar-refractivity contribution in [2.75, 3.05) is 10.8 Å². The molecule has 0 aliphatic heterocycles. The second kappa shape index (κ2) is 9.94. The maximum absolute atomic E-state index is 13.4. The highest BCUT2D eigenvalue weighted by atomic mass is 19.1. The molecule has 178 valence electrons. The van der Waals surface area contributed by atoms with Crippen LogP contribution in [0.4, 0.5) is 20.3 Å². The van der Waals surface area contributed by atoms with Crippen LogP contribution in [-0.2, 0) is 4.79 Å². The number of pyridine rings is 1. The summed E-state index contributed by atoms with van der Waals surface area (Å²) in [5, 5.41) is 23.5. The Balaban J connectivity index is 1.87. The number of anilines is 2. The summed E-state index contributed by atoms with van der Waals surface area (Å²) in [5.41, 5.74) is 7.59. The van der Waals surface area contributed by atoms with Gasteiger partial charge in [-0.25, -0.2) is 13.8 Å². The number of rotatable bonds is 6. The van der Waals surface area contributed by atoms with Gasteiger partial charge in [0, 0.05) is 23.9 Å². The van der Waals surface area contributed by atoms with Crippen LogP contribution in [0.5, 0.6) is 0 Å². The summed E-state index contributed by atoms with van der Waals surface area (Å²) < 4.78 is 26.8. The minimum Gasteiger partial charge on any atom is -0.383 e. The highest BCUT2D eigenvalue weighted by Crippen LogP contribution is 2.29. The third kappa shape index (κ3) is 5.36. The zero-order valence-corrected chi connectivity index (χ0v) is 18.7. The minimum atomic E-state index is -1.99. The molecule has 0 radical (unpaired) electrons. The Morgan fingerprint density at radius 1 is 1.09 bits per heavy atom. The van der Waals surface area contributed by atoms with Gasteiger partial charge in [-0.15, -0.1) is 0 Å². The number of carbonyl (C=O) groups is 2. The molecule has 0 aliphatic carbocycles.